The molecular weight excluding hydrogens is 284 g/mol. The molecule has 0 aliphatic rings. The molecule has 4 atom stereocenters. The van der Waals surface area contributed by atoms with Gasteiger partial charge < -0.3 is 32.3 Å². The zero-order chi connectivity index (χ0) is 16.7. The molecule has 21 heavy (non-hydrogen) atoms. The minimum Gasteiger partial charge on any atom is -0.480 e. The molecule has 0 radical (unpaired) electrons. The molecule has 0 aromatic carbocycles. The fourth-order valence-corrected chi connectivity index (χ4v) is 1.34. The van der Waals surface area contributed by atoms with E-state index in [9.17, 15) is 24.3 Å². The number of nitrogens with one attached hydrogen (secondary N) is 2. The highest BCUT2D eigenvalue weighted by atomic mass is 16.4. The quantitative estimate of drug-likeness (QED) is 0.270. The number of hydrogen-bond donors (Lipinski definition) is 6. The van der Waals surface area contributed by atoms with Gasteiger partial charge in [-0.25, -0.2) is 0 Å². The SMILES string of the molecule is C[C@H](NC(=O)[C@@H](NC(=O)[C@@H](N)CC(N)=O)[C@@H](C)O)C(=O)O. The van der Waals surface area contributed by atoms with Gasteiger partial charge in [0.1, 0.15) is 12.1 Å². The monoisotopic (exact) mass is 304 g/mol. The Morgan fingerprint density at radius 3 is 2.00 bits per heavy atom. The normalized spacial score (nSPS) is 16.2. The summed E-state index contributed by atoms with van der Waals surface area (Å²) in [5, 5.41) is 22.4. The van der Waals surface area contributed by atoms with Crippen molar-refractivity contribution in [3.63, 3.8) is 0 Å². The van der Waals surface area contributed by atoms with E-state index >= 15 is 0 Å². The summed E-state index contributed by atoms with van der Waals surface area (Å²) in [5.74, 6) is -3.82. The Balaban J connectivity index is 4.76. The van der Waals surface area contributed by atoms with Gasteiger partial charge in [-0.1, -0.05) is 0 Å². The first-order valence-corrected chi connectivity index (χ1v) is 6.11. The van der Waals surface area contributed by atoms with Gasteiger partial charge in [-0.15, -0.1) is 0 Å². The number of aliphatic hydroxyl groups is 1. The summed E-state index contributed by atoms with van der Waals surface area (Å²) >= 11 is 0. The first-order chi connectivity index (χ1) is 9.56. The van der Waals surface area contributed by atoms with Gasteiger partial charge in [0.15, 0.2) is 0 Å². The predicted octanol–water partition coefficient (Wildman–Crippen LogP) is -3.36. The van der Waals surface area contributed by atoms with Crippen molar-refractivity contribution in [1.82, 2.24) is 10.6 Å². The van der Waals surface area contributed by atoms with Crippen molar-refractivity contribution in [2.24, 2.45) is 11.5 Å². The molecule has 0 unspecified atom stereocenters. The van der Waals surface area contributed by atoms with Crippen LogP contribution >= 0.6 is 0 Å². The number of carboxylic acids is 1. The van der Waals surface area contributed by atoms with Crippen LogP contribution in [0.15, 0.2) is 0 Å². The summed E-state index contributed by atoms with van der Waals surface area (Å²) in [7, 11) is 0. The predicted molar refractivity (Wildman–Crippen MR) is 70.6 cm³/mol. The fraction of sp³-hybridized carbons (Fsp3) is 0.636. The highest BCUT2D eigenvalue weighted by molar-refractivity contribution is 5.93. The summed E-state index contributed by atoms with van der Waals surface area (Å²) < 4.78 is 0. The summed E-state index contributed by atoms with van der Waals surface area (Å²) in [6, 6.07) is -3.87. The zero-order valence-electron chi connectivity index (χ0n) is 11.7. The third kappa shape index (κ3) is 6.68. The largest absolute Gasteiger partial charge is 0.480 e. The molecule has 8 N–H and O–H groups in total. The number of nitrogens with two attached hydrogens (primary N) is 2. The van der Waals surface area contributed by atoms with Crippen LogP contribution in [0.25, 0.3) is 0 Å². The Morgan fingerprint density at radius 2 is 1.62 bits per heavy atom. The standard InChI is InChI=1S/C11H20N4O6/c1-4(11(20)21)14-10(19)8(5(2)16)15-9(18)6(12)3-7(13)17/h4-6,8,16H,3,12H2,1-2H3,(H2,13,17)(H,14,19)(H,15,18)(H,20,21)/t4-,5+,6-,8-/m0/s1. The van der Waals surface area contributed by atoms with Gasteiger partial charge >= 0.3 is 5.97 Å². The average Bonchev–Trinajstić information content (AvgIpc) is 2.33. The molecule has 0 saturated heterocycles. The molecular formula is C11H20N4O6. The van der Waals surface area contributed by atoms with Crippen LogP contribution in [-0.2, 0) is 19.2 Å². The molecule has 0 saturated carbocycles. The summed E-state index contributed by atoms with van der Waals surface area (Å²) in [6.07, 6.45) is -1.72. The second kappa shape index (κ2) is 8.17. The molecule has 120 valence electrons. The lowest BCUT2D eigenvalue weighted by Gasteiger charge is -2.23. The van der Waals surface area contributed by atoms with Gasteiger partial charge in [0.05, 0.1) is 18.6 Å². The fourth-order valence-electron chi connectivity index (χ4n) is 1.34. The first-order valence-electron chi connectivity index (χ1n) is 6.11. The summed E-state index contributed by atoms with van der Waals surface area (Å²) in [5.41, 5.74) is 10.3. The zero-order valence-corrected chi connectivity index (χ0v) is 11.7. The highest BCUT2D eigenvalue weighted by Gasteiger charge is 2.29. The molecule has 0 aliphatic carbocycles. The lowest BCUT2D eigenvalue weighted by Crippen LogP contribution is -2.58. The minimum absolute atomic E-state index is 0.425. The molecule has 0 aromatic rings. The van der Waals surface area contributed by atoms with Crippen LogP contribution in [0.5, 0.6) is 0 Å². The Hall–Kier alpha value is -2.20. The van der Waals surface area contributed by atoms with Gasteiger partial charge in [-0.3, -0.25) is 19.2 Å². The van der Waals surface area contributed by atoms with Crippen molar-refractivity contribution in [2.45, 2.75) is 44.5 Å². The van der Waals surface area contributed by atoms with Gasteiger partial charge in [-0.2, -0.15) is 0 Å². The van der Waals surface area contributed by atoms with Crippen LogP contribution in [0.4, 0.5) is 0 Å². The molecule has 0 fully saturated rings. The number of amides is 3. The van der Waals surface area contributed by atoms with Crippen molar-refractivity contribution >= 4 is 23.7 Å². The van der Waals surface area contributed by atoms with Crippen LogP contribution in [0, 0.1) is 0 Å². The highest BCUT2D eigenvalue weighted by Crippen LogP contribution is 1.97. The maximum absolute atomic E-state index is 11.8. The lowest BCUT2D eigenvalue weighted by molar-refractivity contribution is -0.142. The number of aliphatic carboxylic acids is 1. The van der Waals surface area contributed by atoms with Crippen LogP contribution in [0.3, 0.4) is 0 Å². The Bertz CT molecular complexity index is 425. The average molecular weight is 304 g/mol. The Morgan fingerprint density at radius 1 is 1.10 bits per heavy atom. The molecule has 0 aromatic heterocycles. The van der Waals surface area contributed by atoms with Crippen LogP contribution in [-0.4, -0.2) is 58.1 Å². The maximum atomic E-state index is 11.8. The molecule has 3 amide bonds. The lowest BCUT2D eigenvalue weighted by atomic mass is 10.1. The number of rotatable bonds is 8. The van der Waals surface area contributed by atoms with E-state index in [4.69, 9.17) is 16.6 Å². The number of carboxylic acid groups (broad SMARTS) is 1. The van der Waals surface area contributed by atoms with E-state index in [1.54, 1.807) is 0 Å². The summed E-state index contributed by atoms with van der Waals surface area (Å²) in [4.78, 5) is 44.8. The van der Waals surface area contributed by atoms with Crippen molar-refractivity contribution in [1.29, 1.82) is 0 Å². The summed E-state index contributed by atoms with van der Waals surface area (Å²) in [6.45, 7) is 2.45. The van der Waals surface area contributed by atoms with E-state index in [-0.39, 0.29) is 0 Å². The second-order valence-electron chi connectivity index (χ2n) is 4.57. The minimum atomic E-state index is -1.40. The van der Waals surface area contributed by atoms with Gasteiger partial charge in [0.25, 0.3) is 0 Å². The molecule has 0 bridgehead atoms. The number of hydrogen-bond acceptors (Lipinski definition) is 6. The smallest absolute Gasteiger partial charge is 0.325 e. The van der Waals surface area contributed by atoms with E-state index in [1.165, 1.54) is 13.8 Å². The molecule has 10 heteroatoms. The van der Waals surface area contributed by atoms with Crippen molar-refractivity contribution in [3.8, 4) is 0 Å². The van der Waals surface area contributed by atoms with Crippen LogP contribution in [0.2, 0.25) is 0 Å². The van der Waals surface area contributed by atoms with Crippen LogP contribution in [0.1, 0.15) is 20.3 Å². The molecule has 10 nitrogen and oxygen atoms in total. The Labute approximate surface area is 120 Å². The second-order valence-corrected chi connectivity index (χ2v) is 4.57. The third-order valence-electron chi connectivity index (χ3n) is 2.55. The van der Waals surface area contributed by atoms with Gasteiger partial charge in [0.2, 0.25) is 17.7 Å². The van der Waals surface area contributed by atoms with E-state index < -0.39 is 54.3 Å². The van der Waals surface area contributed by atoms with E-state index in [0.29, 0.717) is 0 Å². The number of primary amides is 1. The van der Waals surface area contributed by atoms with Crippen molar-refractivity contribution < 1.29 is 29.4 Å². The molecule has 0 spiro atoms. The van der Waals surface area contributed by atoms with E-state index in [1.807, 2.05) is 0 Å². The van der Waals surface area contributed by atoms with Crippen molar-refractivity contribution in [2.75, 3.05) is 0 Å². The molecule has 0 rings (SSSR count). The Kier molecular flexibility index (Phi) is 7.31. The maximum Gasteiger partial charge on any atom is 0.325 e. The topological polar surface area (TPSA) is 185 Å². The first kappa shape index (κ1) is 18.8. The van der Waals surface area contributed by atoms with E-state index in [0.717, 1.165) is 0 Å². The van der Waals surface area contributed by atoms with Crippen molar-refractivity contribution in [3.05, 3.63) is 0 Å². The molecule has 0 heterocycles. The number of carbonyl (C=O) groups excluding carboxylic acids is 3. The number of aliphatic hydroxyl groups excluding tert-OH is 1. The third-order valence-corrected chi connectivity index (χ3v) is 2.55. The van der Waals surface area contributed by atoms with Crippen LogP contribution < -0.4 is 22.1 Å². The molecule has 0 aliphatic heterocycles. The van der Waals surface area contributed by atoms with Gasteiger partial charge in [-0.05, 0) is 13.8 Å². The number of carbonyl (C=O) groups is 4. The van der Waals surface area contributed by atoms with Gasteiger partial charge in [0, 0.05) is 0 Å². The van der Waals surface area contributed by atoms with E-state index in [2.05, 4.69) is 10.6 Å².